The number of rotatable bonds is 3. The summed E-state index contributed by atoms with van der Waals surface area (Å²) in [7, 11) is 0. The third kappa shape index (κ3) is 4.28. The van der Waals surface area contributed by atoms with Crippen molar-refractivity contribution >= 4 is 75.8 Å². The Morgan fingerprint density at radius 3 is 1.61 bits per heavy atom. The number of furan rings is 1. The highest BCUT2D eigenvalue weighted by Crippen LogP contribution is 2.47. The van der Waals surface area contributed by atoms with E-state index in [1.54, 1.807) is 0 Å². The van der Waals surface area contributed by atoms with Crippen LogP contribution >= 0.6 is 0 Å². The molecule has 0 atom stereocenters. The minimum absolute atomic E-state index is 0.502. The number of hydrogen-bond acceptors (Lipinski definition) is 1. The molecule has 0 N–H and O–H groups in total. The van der Waals surface area contributed by atoms with Gasteiger partial charge in [-0.1, -0.05) is 151 Å². The first-order valence-electron chi connectivity index (χ1n) is 30.2. The lowest BCUT2D eigenvalue weighted by Crippen LogP contribution is -1.91. The Labute approximate surface area is 336 Å². The van der Waals surface area contributed by atoms with Crippen molar-refractivity contribution in [3.8, 4) is 33.4 Å². The summed E-state index contributed by atoms with van der Waals surface area (Å²) in [5.41, 5.74) is -6.33. The third-order valence-electron chi connectivity index (χ3n) is 8.51. The molecule has 11 aromatic rings. The van der Waals surface area contributed by atoms with Crippen LogP contribution in [-0.4, -0.2) is 0 Å². The fraction of sp³-hybridized carbons (Fsp3) is 0. The van der Waals surface area contributed by atoms with Crippen molar-refractivity contribution in [2.45, 2.75) is 0 Å². The molecule has 10 aromatic carbocycles. The van der Waals surface area contributed by atoms with E-state index in [2.05, 4.69) is 0 Å². The topological polar surface area (TPSA) is 13.1 Å². The van der Waals surface area contributed by atoms with Crippen molar-refractivity contribution in [3.05, 3.63) is 181 Å². The van der Waals surface area contributed by atoms with Crippen molar-refractivity contribution in [1.29, 1.82) is 0 Å². The second-order valence-electron chi connectivity index (χ2n) is 11.3. The maximum absolute atomic E-state index is 9.99. The van der Waals surface area contributed by atoms with Gasteiger partial charge in [0.2, 0.25) is 0 Å². The fourth-order valence-electron chi connectivity index (χ4n) is 6.35. The lowest BCUT2D eigenvalue weighted by molar-refractivity contribution is 0.669. The second-order valence-corrected chi connectivity index (χ2v) is 11.3. The van der Waals surface area contributed by atoms with Crippen LogP contribution in [-0.2, 0) is 0 Å². The molecule has 0 spiro atoms. The van der Waals surface area contributed by atoms with Gasteiger partial charge in [-0.15, -0.1) is 0 Å². The van der Waals surface area contributed by atoms with Gasteiger partial charge in [-0.25, -0.2) is 0 Å². The van der Waals surface area contributed by atoms with Gasteiger partial charge in [0.15, 0.2) is 0 Å². The Hall–Kier alpha value is -6.70. The van der Waals surface area contributed by atoms with E-state index in [-0.39, 0.29) is 0 Å². The molecule has 1 nitrogen and oxygen atoms in total. The van der Waals surface area contributed by atoms with Gasteiger partial charge in [0.25, 0.3) is 0 Å². The van der Waals surface area contributed by atoms with Crippen LogP contribution in [0.25, 0.3) is 109 Å². The van der Waals surface area contributed by atoms with Gasteiger partial charge >= 0.3 is 0 Å². The lowest BCUT2D eigenvalue weighted by atomic mass is 9.84. The standard InChI is InChI=1S/C50H30O/c1-2-13-35-30-47-45(29-34(35)12-1)50-43(21-10-22-46(50)51-47)49-41-19-7-5-17-39(41)48(40-18-6-8-20-42(40)49)37-15-9-14-33(27-37)36-26-25-32-24-23-31-11-3-4-16-38(31)44(32)28-36/h1-30H/i1D,2D,3D,4D,5D,6D,7D,8D,9D,10D,11D,12D,13D,14D,15D,16D,17D,18D,19D,20D,21D,22D,23D,24D,25D,26D,27D,28D,29D,30D. The minimum Gasteiger partial charge on any atom is -0.456 e. The summed E-state index contributed by atoms with van der Waals surface area (Å²) in [5, 5.41) is -7.69. The van der Waals surface area contributed by atoms with E-state index in [1.165, 1.54) is 0 Å². The SMILES string of the molecule is [2H]c1c([2H])c(-c2c([2H])c([2H])c3c([2H])c([2H])c4c([2H])c([2H])c([2H])c([2H])c4c3c2[2H])c([2H])c(-c2c3c([2H])c([2H])c([2H])c([2H])c3c(-c3c([2H])c([2H])c([2H])c4oc5c([2H])c6c([2H])c([2H])c([2H])c([2H])c6c([2H])c5c34)c3c([2H])c([2H])c([2H])c([2H])c23)c1[2H]. The molecule has 0 saturated heterocycles. The molecule has 11 rings (SSSR count). The summed E-state index contributed by atoms with van der Waals surface area (Å²) in [4.78, 5) is 0. The zero-order chi connectivity index (χ0) is 59.6. The average Bonchev–Trinajstić information content (AvgIpc) is 2.31. The van der Waals surface area contributed by atoms with Crippen LogP contribution in [0, 0.1) is 0 Å². The van der Waals surface area contributed by atoms with Crippen LogP contribution in [0.15, 0.2) is 186 Å². The molecule has 0 saturated carbocycles. The van der Waals surface area contributed by atoms with Crippen molar-refractivity contribution in [2.24, 2.45) is 0 Å². The predicted octanol–water partition coefficient (Wildman–Crippen LogP) is 14.4. The van der Waals surface area contributed by atoms with Crippen LogP contribution in [0.3, 0.4) is 0 Å². The van der Waals surface area contributed by atoms with E-state index in [9.17, 15) is 19.2 Å². The van der Waals surface area contributed by atoms with Gasteiger partial charge < -0.3 is 4.42 Å². The van der Waals surface area contributed by atoms with E-state index < -0.39 is 290 Å². The second kappa shape index (κ2) is 10.9. The molecule has 0 aliphatic carbocycles. The number of hydrogen-bond donors (Lipinski definition) is 0. The Kier molecular flexibility index (Phi) is 2.50. The summed E-state index contributed by atoms with van der Waals surface area (Å²) in [5.74, 6) is 0. The molecule has 236 valence electrons. The van der Waals surface area contributed by atoms with E-state index in [0.717, 1.165) is 0 Å². The van der Waals surface area contributed by atoms with Gasteiger partial charge in [0.05, 0.1) is 41.1 Å². The van der Waals surface area contributed by atoms with Crippen molar-refractivity contribution in [2.75, 3.05) is 0 Å². The van der Waals surface area contributed by atoms with Crippen molar-refractivity contribution < 1.29 is 45.5 Å². The van der Waals surface area contributed by atoms with Crippen LogP contribution in [0.5, 0.6) is 0 Å². The molecule has 0 fully saturated rings. The number of fused-ring (bicyclic) bond motifs is 9. The summed E-state index contributed by atoms with van der Waals surface area (Å²) in [6.07, 6.45) is 0. The van der Waals surface area contributed by atoms with E-state index in [0.29, 0.717) is 0 Å². The summed E-state index contributed by atoms with van der Waals surface area (Å²) < 4.78 is 279. The van der Waals surface area contributed by atoms with Crippen LogP contribution < -0.4 is 0 Å². The molecule has 1 aromatic heterocycles. The molecule has 0 amide bonds. The first kappa shape index (κ1) is 11.7. The van der Waals surface area contributed by atoms with Gasteiger partial charge in [-0.3, -0.25) is 0 Å². The van der Waals surface area contributed by atoms with Crippen molar-refractivity contribution in [1.82, 2.24) is 0 Å². The molecule has 1 heterocycles. The molecule has 1 heteroatoms. The van der Waals surface area contributed by atoms with Gasteiger partial charge in [-0.05, 0) is 117 Å². The molecule has 0 aliphatic heterocycles. The quantitative estimate of drug-likeness (QED) is 0.134. The Balaban J connectivity index is 1.42. The van der Waals surface area contributed by atoms with Gasteiger partial charge in [0.1, 0.15) is 11.2 Å². The first-order chi connectivity index (χ1) is 37.8. The van der Waals surface area contributed by atoms with Crippen LogP contribution in [0.1, 0.15) is 41.1 Å². The lowest BCUT2D eigenvalue weighted by Gasteiger charge is -2.18. The molecular weight excluding hydrogens is 617 g/mol. The van der Waals surface area contributed by atoms with E-state index >= 15 is 0 Å². The highest BCUT2D eigenvalue weighted by Gasteiger charge is 2.20. The highest BCUT2D eigenvalue weighted by molar-refractivity contribution is 6.26. The average molecular weight is 677 g/mol. The molecule has 51 heavy (non-hydrogen) atoms. The Bertz CT molecular complexity index is 4850. The van der Waals surface area contributed by atoms with Crippen LogP contribution in [0.4, 0.5) is 0 Å². The number of benzene rings is 10. The van der Waals surface area contributed by atoms with E-state index in [4.69, 9.17) is 26.3 Å². The van der Waals surface area contributed by atoms with E-state index in [1.807, 2.05) is 0 Å². The minimum atomic E-state index is -1.14. The summed E-state index contributed by atoms with van der Waals surface area (Å²) in [6.45, 7) is 0. The highest BCUT2D eigenvalue weighted by atomic mass is 16.3. The monoisotopic (exact) mass is 676 g/mol. The first-order valence-corrected chi connectivity index (χ1v) is 15.2. The summed E-state index contributed by atoms with van der Waals surface area (Å²) >= 11 is 0. The zero-order valence-electron chi connectivity index (χ0n) is 55.4. The maximum Gasteiger partial charge on any atom is 0.136 e. The predicted molar refractivity (Wildman–Crippen MR) is 218 cm³/mol. The molecule has 0 unspecified atom stereocenters. The van der Waals surface area contributed by atoms with Gasteiger partial charge in [0, 0.05) is 10.8 Å². The van der Waals surface area contributed by atoms with Crippen molar-refractivity contribution in [3.63, 3.8) is 0 Å². The molecule has 0 aliphatic rings. The third-order valence-corrected chi connectivity index (χ3v) is 8.51. The molecule has 0 radical (unpaired) electrons. The van der Waals surface area contributed by atoms with Crippen LogP contribution in [0.2, 0.25) is 0 Å². The Morgan fingerprint density at radius 2 is 0.863 bits per heavy atom. The largest absolute Gasteiger partial charge is 0.456 e. The Morgan fingerprint density at radius 1 is 0.314 bits per heavy atom. The fourth-order valence-corrected chi connectivity index (χ4v) is 6.35. The molecule has 0 bridgehead atoms. The summed E-state index contributed by atoms with van der Waals surface area (Å²) in [6, 6.07) is -28.3. The maximum atomic E-state index is 9.99. The zero-order valence-corrected chi connectivity index (χ0v) is 25.4. The normalized spacial score (nSPS) is 20.2. The van der Waals surface area contributed by atoms with Gasteiger partial charge in [-0.2, -0.15) is 0 Å². The smallest absolute Gasteiger partial charge is 0.136 e. The molecular formula is C50H30O.